The van der Waals surface area contributed by atoms with Crippen molar-refractivity contribution >= 4 is 22.7 Å². The van der Waals surface area contributed by atoms with Gasteiger partial charge in [-0.15, -0.1) is 0 Å². The summed E-state index contributed by atoms with van der Waals surface area (Å²) in [7, 11) is 0. The molecule has 2 rings (SSSR count). The number of nitrogens with one attached hydrogen (secondary N) is 1. The first-order valence-corrected chi connectivity index (χ1v) is 4.88. The lowest BCUT2D eigenvalue weighted by atomic mass is 10.3. The third-order valence-electron chi connectivity index (χ3n) is 2.11. The Kier molecular flexibility index (Phi) is 2.68. The molecule has 1 N–H and O–H groups in total. The molecule has 0 aliphatic rings. The van der Waals surface area contributed by atoms with Crippen LogP contribution < -0.4 is 5.43 Å². The number of rotatable bonds is 3. The van der Waals surface area contributed by atoms with Crippen molar-refractivity contribution in [1.82, 2.24) is 9.66 Å². The predicted octanol–water partition coefficient (Wildman–Crippen LogP) is 1.09. The lowest BCUT2D eigenvalue weighted by Crippen LogP contribution is -2.23. The molecule has 1 amide bonds. The van der Waals surface area contributed by atoms with Gasteiger partial charge in [-0.05, 0) is 19.1 Å². The molecule has 0 radical (unpaired) electrons. The van der Waals surface area contributed by atoms with E-state index in [0.29, 0.717) is 0 Å². The Balaban J connectivity index is 2.21. The van der Waals surface area contributed by atoms with Gasteiger partial charge in [0.25, 0.3) is 0 Å². The van der Waals surface area contributed by atoms with Gasteiger partial charge in [0, 0.05) is 0 Å². The molecule has 0 aliphatic carbocycles. The van der Waals surface area contributed by atoms with Gasteiger partial charge >= 0.3 is 0 Å². The van der Waals surface area contributed by atoms with E-state index >= 15 is 0 Å². The lowest BCUT2D eigenvalue weighted by Gasteiger charge is -2.05. The van der Waals surface area contributed by atoms with E-state index in [-0.39, 0.29) is 18.1 Å². The predicted molar refractivity (Wildman–Crippen MR) is 59.4 cm³/mol. The first-order chi connectivity index (χ1) is 7.66. The van der Waals surface area contributed by atoms with Crippen molar-refractivity contribution in [2.24, 2.45) is 0 Å². The molecule has 5 nitrogen and oxygen atoms in total. The maximum atomic E-state index is 11.4. The standard InChI is InChI=1S/C11H11N3O2/c1-8(15)6-11(16)13-14-7-12-9-4-2-3-5-10(9)14/h2-5,7H,6H2,1H3,(H,13,16). The molecule has 0 saturated carbocycles. The second-order valence-corrected chi connectivity index (χ2v) is 3.52. The Hall–Kier alpha value is -2.17. The fourth-order valence-corrected chi connectivity index (χ4v) is 1.45. The van der Waals surface area contributed by atoms with Gasteiger partial charge in [-0.25, -0.2) is 9.66 Å². The molecular formula is C11H11N3O2. The summed E-state index contributed by atoms with van der Waals surface area (Å²) in [6, 6.07) is 7.42. The average Bonchev–Trinajstić information content (AvgIpc) is 2.61. The molecule has 0 fully saturated rings. The monoisotopic (exact) mass is 217 g/mol. The quantitative estimate of drug-likeness (QED) is 0.782. The molecule has 0 aliphatic heterocycles. The van der Waals surface area contributed by atoms with E-state index in [9.17, 15) is 9.59 Å². The van der Waals surface area contributed by atoms with Crippen molar-refractivity contribution in [3.63, 3.8) is 0 Å². The summed E-state index contributed by atoms with van der Waals surface area (Å²) < 4.78 is 1.51. The van der Waals surface area contributed by atoms with Crippen LogP contribution in [0.1, 0.15) is 13.3 Å². The van der Waals surface area contributed by atoms with Crippen molar-refractivity contribution in [3.8, 4) is 0 Å². The summed E-state index contributed by atoms with van der Waals surface area (Å²) in [4.78, 5) is 26.3. The molecule has 82 valence electrons. The number of hydrogen-bond acceptors (Lipinski definition) is 3. The summed E-state index contributed by atoms with van der Waals surface area (Å²) in [6.07, 6.45) is 1.40. The summed E-state index contributed by atoms with van der Waals surface area (Å²) in [5, 5.41) is 0. The Morgan fingerprint density at radius 2 is 2.12 bits per heavy atom. The van der Waals surface area contributed by atoms with Crippen LogP contribution in [0.25, 0.3) is 11.0 Å². The van der Waals surface area contributed by atoms with Gasteiger partial charge in [0.15, 0.2) is 0 Å². The molecule has 1 heterocycles. The van der Waals surface area contributed by atoms with Crippen LogP contribution in [-0.4, -0.2) is 21.4 Å². The summed E-state index contributed by atoms with van der Waals surface area (Å²) in [6.45, 7) is 1.38. The Morgan fingerprint density at radius 1 is 1.38 bits per heavy atom. The maximum Gasteiger partial charge on any atom is 0.246 e. The van der Waals surface area contributed by atoms with Crippen LogP contribution >= 0.6 is 0 Å². The van der Waals surface area contributed by atoms with Gasteiger partial charge in [-0.1, -0.05) is 12.1 Å². The number of Topliss-reactive ketones (excluding diaryl/α,β-unsaturated/α-hetero) is 1. The van der Waals surface area contributed by atoms with Crippen LogP contribution in [0.3, 0.4) is 0 Å². The largest absolute Gasteiger partial charge is 0.299 e. The van der Waals surface area contributed by atoms with Gasteiger partial charge in [0.1, 0.15) is 12.1 Å². The van der Waals surface area contributed by atoms with E-state index in [1.54, 1.807) is 0 Å². The van der Waals surface area contributed by atoms with Gasteiger partial charge in [-0.2, -0.15) is 0 Å². The molecule has 1 aromatic heterocycles. The second kappa shape index (κ2) is 4.14. The SMILES string of the molecule is CC(=O)CC(=O)Nn1cnc2ccccc21. The zero-order chi connectivity index (χ0) is 11.5. The normalized spacial score (nSPS) is 10.3. The van der Waals surface area contributed by atoms with E-state index in [0.717, 1.165) is 11.0 Å². The number of benzene rings is 1. The highest BCUT2D eigenvalue weighted by atomic mass is 16.2. The number of hydrogen-bond donors (Lipinski definition) is 1. The van der Waals surface area contributed by atoms with Crippen molar-refractivity contribution in [2.45, 2.75) is 13.3 Å². The molecule has 5 heteroatoms. The molecule has 0 saturated heterocycles. The molecule has 0 unspecified atom stereocenters. The third kappa shape index (κ3) is 2.08. The highest BCUT2D eigenvalue weighted by molar-refractivity contribution is 6.00. The zero-order valence-electron chi connectivity index (χ0n) is 8.80. The number of fused-ring (bicyclic) bond motifs is 1. The van der Waals surface area contributed by atoms with E-state index in [4.69, 9.17) is 0 Å². The molecule has 0 atom stereocenters. The second-order valence-electron chi connectivity index (χ2n) is 3.52. The fraction of sp³-hybridized carbons (Fsp3) is 0.182. The highest BCUT2D eigenvalue weighted by Gasteiger charge is 2.07. The number of nitrogens with zero attached hydrogens (tertiary/aromatic N) is 2. The molecule has 16 heavy (non-hydrogen) atoms. The van der Waals surface area contributed by atoms with Gasteiger partial charge in [0.2, 0.25) is 5.91 Å². The minimum absolute atomic E-state index is 0.119. The number of carbonyl (C=O) groups is 2. The molecule has 0 spiro atoms. The number of imidazole rings is 1. The summed E-state index contributed by atoms with van der Waals surface area (Å²) in [5.74, 6) is -0.502. The molecule has 2 aromatic rings. The van der Waals surface area contributed by atoms with Gasteiger partial charge in [0.05, 0.1) is 17.5 Å². The van der Waals surface area contributed by atoms with Gasteiger partial charge in [-0.3, -0.25) is 15.0 Å². The summed E-state index contributed by atoms with van der Waals surface area (Å²) >= 11 is 0. The summed E-state index contributed by atoms with van der Waals surface area (Å²) in [5.41, 5.74) is 4.19. The smallest absolute Gasteiger partial charge is 0.246 e. The molecular weight excluding hydrogens is 206 g/mol. The first-order valence-electron chi connectivity index (χ1n) is 4.88. The lowest BCUT2D eigenvalue weighted by molar-refractivity contribution is -0.124. The Morgan fingerprint density at radius 3 is 2.88 bits per heavy atom. The number of carbonyl (C=O) groups excluding carboxylic acids is 2. The molecule has 1 aromatic carbocycles. The minimum atomic E-state index is -0.337. The van der Waals surface area contributed by atoms with Crippen LogP contribution in [0.15, 0.2) is 30.6 Å². The number of amides is 1. The topological polar surface area (TPSA) is 64.0 Å². The van der Waals surface area contributed by atoms with Crippen LogP contribution in [-0.2, 0) is 9.59 Å². The van der Waals surface area contributed by atoms with Crippen molar-refractivity contribution in [3.05, 3.63) is 30.6 Å². The number of aromatic nitrogens is 2. The van der Waals surface area contributed by atoms with E-state index in [2.05, 4.69) is 10.4 Å². The Bertz CT molecular complexity index is 545. The maximum absolute atomic E-state index is 11.4. The van der Waals surface area contributed by atoms with E-state index in [1.807, 2.05) is 24.3 Å². The first kappa shape index (κ1) is 10.4. The Labute approximate surface area is 92.1 Å². The van der Waals surface area contributed by atoms with Crippen LogP contribution in [0.5, 0.6) is 0 Å². The number of para-hydroxylation sites is 2. The average molecular weight is 217 g/mol. The van der Waals surface area contributed by atoms with E-state index in [1.165, 1.54) is 17.9 Å². The number of ketones is 1. The van der Waals surface area contributed by atoms with Crippen molar-refractivity contribution in [2.75, 3.05) is 5.43 Å². The van der Waals surface area contributed by atoms with Crippen LogP contribution in [0.2, 0.25) is 0 Å². The zero-order valence-corrected chi connectivity index (χ0v) is 8.80. The third-order valence-corrected chi connectivity index (χ3v) is 2.11. The highest BCUT2D eigenvalue weighted by Crippen LogP contribution is 2.09. The van der Waals surface area contributed by atoms with Gasteiger partial charge < -0.3 is 0 Å². The van der Waals surface area contributed by atoms with E-state index < -0.39 is 0 Å². The van der Waals surface area contributed by atoms with Crippen LogP contribution in [0, 0.1) is 0 Å². The van der Waals surface area contributed by atoms with Crippen molar-refractivity contribution in [1.29, 1.82) is 0 Å². The van der Waals surface area contributed by atoms with Crippen molar-refractivity contribution < 1.29 is 9.59 Å². The molecule has 0 bridgehead atoms. The minimum Gasteiger partial charge on any atom is -0.299 e. The van der Waals surface area contributed by atoms with Crippen LogP contribution in [0.4, 0.5) is 0 Å². The fourth-order valence-electron chi connectivity index (χ4n) is 1.45.